The van der Waals surface area contributed by atoms with E-state index in [-0.39, 0.29) is 11.6 Å². The fourth-order valence-electron chi connectivity index (χ4n) is 1.21. The molecule has 0 amide bonds. The predicted octanol–water partition coefficient (Wildman–Crippen LogP) is 1.44. The third kappa shape index (κ3) is 1.72. The van der Waals surface area contributed by atoms with E-state index >= 15 is 0 Å². The summed E-state index contributed by atoms with van der Waals surface area (Å²) in [6, 6.07) is 3.37. The zero-order valence-electron chi connectivity index (χ0n) is 8.38. The van der Waals surface area contributed by atoms with Crippen molar-refractivity contribution in [2.75, 3.05) is 7.11 Å². The Labute approximate surface area is 90.5 Å². The van der Waals surface area contributed by atoms with Crippen molar-refractivity contribution in [3.05, 3.63) is 30.3 Å². The summed E-state index contributed by atoms with van der Waals surface area (Å²) >= 11 is 0. The molecule has 82 valence electrons. The first-order chi connectivity index (χ1) is 7.72. The van der Waals surface area contributed by atoms with E-state index in [1.54, 1.807) is 18.3 Å². The molecule has 0 aliphatic heterocycles. The summed E-state index contributed by atoms with van der Waals surface area (Å²) < 4.78 is 10.1. The Bertz CT molecular complexity index is 521. The van der Waals surface area contributed by atoms with Gasteiger partial charge in [-0.05, 0) is 12.1 Å². The summed E-state index contributed by atoms with van der Waals surface area (Å²) in [5.41, 5.74) is 0.360. The van der Waals surface area contributed by atoms with Gasteiger partial charge in [-0.2, -0.15) is 0 Å². The number of nitrogens with zero attached hydrogens (tertiary/aromatic N) is 2. The lowest BCUT2D eigenvalue weighted by atomic mass is 10.3. The lowest BCUT2D eigenvalue weighted by Crippen LogP contribution is -1.96. The third-order valence-electron chi connectivity index (χ3n) is 1.92. The number of ether oxygens (including phenoxy) is 1. The normalized spacial score (nSPS) is 10.1. The molecule has 0 aliphatic carbocycles. The molecule has 0 atom stereocenters. The van der Waals surface area contributed by atoms with Gasteiger partial charge in [0, 0.05) is 6.20 Å². The summed E-state index contributed by atoms with van der Waals surface area (Å²) in [6.45, 7) is 0. The van der Waals surface area contributed by atoms with Gasteiger partial charge in [-0.15, -0.1) is 0 Å². The quantitative estimate of drug-likeness (QED) is 0.842. The van der Waals surface area contributed by atoms with Gasteiger partial charge in [-0.25, -0.2) is 14.8 Å². The summed E-state index contributed by atoms with van der Waals surface area (Å²) in [7, 11) is 1.47. The maximum absolute atomic E-state index is 10.6. The van der Waals surface area contributed by atoms with Crippen LogP contribution < -0.4 is 4.74 Å². The molecule has 2 aromatic heterocycles. The van der Waals surface area contributed by atoms with E-state index in [4.69, 9.17) is 14.3 Å². The monoisotopic (exact) mass is 220 g/mol. The topological polar surface area (TPSA) is 85.5 Å². The van der Waals surface area contributed by atoms with Gasteiger partial charge in [0.05, 0.1) is 12.7 Å². The van der Waals surface area contributed by atoms with Crippen LogP contribution in [0, 0.1) is 0 Å². The Hall–Kier alpha value is -2.37. The fourth-order valence-corrected chi connectivity index (χ4v) is 1.21. The highest BCUT2D eigenvalue weighted by atomic mass is 16.5. The van der Waals surface area contributed by atoms with Crippen LogP contribution >= 0.6 is 0 Å². The van der Waals surface area contributed by atoms with Crippen LogP contribution in [0.25, 0.3) is 11.5 Å². The number of aromatic nitrogens is 2. The molecular formula is C10H8N2O4. The molecule has 2 heterocycles. The lowest BCUT2D eigenvalue weighted by Gasteiger charge is -2.01. The molecule has 0 unspecified atom stereocenters. The second kappa shape index (κ2) is 4.01. The number of rotatable bonds is 3. The Morgan fingerprint density at radius 1 is 1.56 bits per heavy atom. The molecule has 16 heavy (non-hydrogen) atoms. The summed E-state index contributed by atoms with van der Waals surface area (Å²) in [5, 5.41) is 8.70. The average Bonchev–Trinajstić information content (AvgIpc) is 2.78. The number of carboxylic acids is 1. The van der Waals surface area contributed by atoms with Crippen LogP contribution in [0.15, 0.2) is 29.0 Å². The molecule has 2 aromatic rings. The Kier molecular flexibility index (Phi) is 2.55. The zero-order valence-corrected chi connectivity index (χ0v) is 8.38. The highest BCUT2D eigenvalue weighted by Gasteiger charge is 2.15. The fraction of sp³-hybridized carbons (Fsp3) is 0.100. The molecule has 6 nitrogen and oxygen atoms in total. The highest BCUT2D eigenvalue weighted by molar-refractivity contribution is 5.85. The second-order valence-electron chi connectivity index (χ2n) is 2.90. The van der Waals surface area contributed by atoms with Gasteiger partial charge in [-0.1, -0.05) is 0 Å². The molecule has 1 N–H and O–H groups in total. The van der Waals surface area contributed by atoms with E-state index < -0.39 is 5.97 Å². The minimum atomic E-state index is -1.14. The second-order valence-corrected chi connectivity index (χ2v) is 2.90. The average molecular weight is 220 g/mol. The molecule has 0 saturated carbocycles. The van der Waals surface area contributed by atoms with Crippen molar-refractivity contribution in [3.63, 3.8) is 0 Å². The van der Waals surface area contributed by atoms with Gasteiger partial charge in [0.1, 0.15) is 6.26 Å². The smallest absolute Gasteiger partial charge is 0.357 e. The summed E-state index contributed by atoms with van der Waals surface area (Å²) in [4.78, 5) is 18.4. The number of aromatic carboxylic acids is 1. The molecule has 0 fully saturated rings. The highest BCUT2D eigenvalue weighted by Crippen LogP contribution is 2.26. The maximum Gasteiger partial charge on any atom is 0.357 e. The Morgan fingerprint density at radius 2 is 2.38 bits per heavy atom. The van der Waals surface area contributed by atoms with Crippen LogP contribution in [0.5, 0.6) is 5.88 Å². The Balaban J connectivity index is 2.46. The molecule has 0 spiro atoms. The van der Waals surface area contributed by atoms with Gasteiger partial charge in [0.2, 0.25) is 11.8 Å². The third-order valence-corrected chi connectivity index (χ3v) is 1.92. The molecule has 0 saturated heterocycles. The standard InChI is InChI=1S/C10H8N2O4/c1-15-8-6(3-2-4-11-8)9-12-7(5-16-9)10(13)14/h2-5H,1H3,(H,13,14). The first-order valence-corrected chi connectivity index (χ1v) is 4.40. The van der Waals surface area contributed by atoms with Gasteiger partial charge in [0.15, 0.2) is 5.69 Å². The number of methoxy groups -OCH3 is 1. The van der Waals surface area contributed by atoms with Crippen molar-refractivity contribution >= 4 is 5.97 Å². The van der Waals surface area contributed by atoms with Crippen molar-refractivity contribution in [1.29, 1.82) is 0 Å². The Morgan fingerprint density at radius 3 is 3.00 bits per heavy atom. The first-order valence-electron chi connectivity index (χ1n) is 4.40. The number of pyridine rings is 1. The molecule has 0 radical (unpaired) electrons. The molecule has 0 aromatic carbocycles. The van der Waals surface area contributed by atoms with Crippen LogP contribution in [-0.2, 0) is 0 Å². The van der Waals surface area contributed by atoms with Crippen molar-refractivity contribution in [2.24, 2.45) is 0 Å². The van der Waals surface area contributed by atoms with Gasteiger partial charge in [0.25, 0.3) is 0 Å². The maximum atomic E-state index is 10.6. The van der Waals surface area contributed by atoms with E-state index in [2.05, 4.69) is 9.97 Å². The first kappa shape index (κ1) is 10.2. The largest absolute Gasteiger partial charge is 0.480 e. The number of oxazole rings is 1. The van der Waals surface area contributed by atoms with E-state index in [1.165, 1.54) is 7.11 Å². The van der Waals surface area contributed by atoms with Crippen LogP contribution in [0.1, 0.15) is 10.5 Å². The van der Waals surface area contributed by atoms with Crippen LogP contribution in [0.3, 0.4) is 0 Å². The van der Waals surface area contributed by atoms with E-state index in [0.717, 1.165) is 6.26 Å². The number of hydrogen-bond donors (Lipinski definition) is 1. The minimum absolute atomic E-state index is 0.152. The molecule has 6 heteroatoms. The van der Waals surface area contributed by atoms with Crippen molar-refractivity contribution in [1.82, 2.24) is 9.97 Å². The van der Waals surface area contributed by atoms with Crippen LogP contribution in [-0.4, -0.2) is 28.2 Å². The zero-order chi connectivity index (χ0) is 11.5. The SMILES string of the molecule is COc1ncccc1-c1nc(C(=O)O)co1. The van der Waals surface area contributed by atoms with Crippen LogP contribution in [0.4, 0.5) is 0 Å². The van der Waals surface area contributed by atoms with Gasteiger partial charge < -0.3 is 14.3 Å². The van der Waals surface area contributed by atoms with E-state index in [9.17, 15) is 4.79 Å². The minimum Gasteiger partial charge on any atom is -0.480 e. The molecule has 0 aliphatic rings. The summed E-state index contributed by atoms with van der Waals surface area (Å²) in [6.07, 6.45) is 2.63. The number of hydrogen-bond acceptors (Lipinski definition) is 5. The van der Waals surface area contributed by atoms with Crippen molar-refractivity contribution in [2.45, 2.75) is 0 Å². The summed E-state index contributed by atoms with van der Waals surface area (Å²) in [5.74, 6) is -0.638. The van der Waals surface area contributed by atoms with Gasteiger partial charge >= 0.3 is 5.97 Å². The molecule has 2 rings (SSSR count). The molecule has 0 bridgehead atoms. The van der Waals surface area contributed by atoms with Gasteiger partial charge in [-0.3, -0.25) is 0 Å². The van der Waals surface area contributed by atoms with E-state index in [1.807, 2.05) is 0 Å². The number of carboxylic acid groups (broad SMARTS) is 1. The number of carbonyl (C=O) groups is 1. The van der Waals surface area contributed by atoms with Crippen molar-refractivity contribution in [3.8, 4) is 17.3 Å². The van der Waals surface area contributed by atoms with Crippen molar-refractivity contribution < 1.29 is 19.1 Å². The van der Waals surface area contributed by atoms with Crippen LogP contribution in [0.2, 0.25) is 0 Å². The lowest BCUT2D eigenvalue weighted by molar-refractivity contribution is 0.0690. The molecular weight excluding hydrogens is 212 g/mol. The van der Waals surface area contributed by atoms with E-state index in [0.29, 0.717) is 11.4 Å². The predicted molar refractivity (Wildman–Crippen MR) is 53.2 cm³/mol.